The molecule has 0 saturated heterocycles. The minimum absolute atomic E-state index is 0.346. The van der Waals surface area contributed by atoms with Crippen molar-refractivity contribution >= 4 is 11.9 Å². The Morgan fingerprint density at radius 2 is 1.95 bits per heavy atom. The second-order valence-electron chi connectivity index (χ2n) is 4.52. The maximum atomic E-state index is 11.6. The first-order valence-corrected chi connectivity index (χ1v) is 6.56. The molecule has 20 heavy (non-hydrogen) atoms. The molecule has 0 aromatic heterocycles. The number of rotatable bonds is 6. The highest BCUT2D eigenvalue weighted by molar-refractivity contribution is 5.81. The summed E-state index contributed by atoms with van der Waals surface area (Å²) in [6.45, 7) is 2.16. The lowest BCUT2D eigenvalue weighted by molar-refractivity contribution is -0.458. The Bertz CT molecular complexity index is 500. The molecule has 0 heterocycles. The van der Waals surface area contributed by atoms with E-state index in [0.717, 1.165) is 11.3 Å². The molecule has 0 N–H and O–H groups in total. The van der Waals surface area contributed by atoms with Crippen molar-refractivity contribution in [3.05, 3.63) is 54.1 Å². The third-order valence-corrected chi connectivity index (χ3v) is 2.57. The van der Waals surface area contributed by atoms with Crippen LogP contribution in [-0.4, -0.2) is 43.4 Å². The second-order valence-corrected chi connectivity index (χ2v) is 4.52. The highest BCUT2D eigenvalue weighted by atomic mass is 16.6. The van der Waals surface area contributed by atoms with Crippen LogP contribution in [0.5, 0.6) is 0 Å². The van der Waals surface area contributed by atoms with Gasteiger partial charge in [-0.3, -0.25) is 0 Å². The van der Waals surface area contributed by atoms with Gasteiger partial charge in [-0.05, 0) is 12.2 Å². The zero-order chi connectivity index (χ0) is 15.0. The molecular formula is C16H22N2O2. The lowest BCUT2D eigenvalue weighted by Crippen LogP contribution is -2.17. The van der Waals surface area contributed by atoms with Crippen molar-refractivity contribution in [3.8, 4) is 0 Å². The van der Waals surface area contributed by atoms with Crippen LogP contribution in [0.2, 0.25) is 0 Å². The van der Waals surface area contributed by atoms with Crippen molar-refractivity contribution in [2.24, 2.45) is 0 Å². The molecule has 108 valence electrons. The number of benzene rings is 1. The fourth-order valence-corrected chi connectivity index (χ4v) is 1.65. The van der Waals surface area contributed by atoms with E-state index in [-0.39, 0.29) is 5.95 Å². The Morgan fingerprint density at radius 1 is 1.30 bits per heavy atom. The quantitative estimate of drug-likeness (QED) is 0.448. The Balaban J connectivity index is 3.09. The molecule has 1 aromatic rings. The van der Waals surface area contributed by atoms with Crippen LogP contribution in [0.4, 0.5) is 0 Å². The molecule has 4 nitrogen and oxygen atoms in total. The van der Waals surface area contributed by atoms with E-state index in [2.05, 4.69) is 0 Å². The normalized spacial score (nSPS) is 12.0. The summed E-state index contributed by atoms with van der Waals surface area (Å²) in [5.74, 6) is -0.346. The van der Waals surface area contributed by atoms with Gasteiger partial charge in [0.25, 0.3) is 0 Å². The molecule has 0 aliphatic rings. The van der Waals surface area contributed by atoms with Crippen LogP contribution in [0, 0.1) is 0 Å². The summed E-state index contributed by atoms with van der Waals surface area (Å²) in [4.78, 5) is 1.77. The van der Waals surface area contributed by atoms with Crippen molar-refractivity contribution in [1.82, 2.24) is 4.90 Å². The van der Waals surface area contributed by atoms with Crippen LogP contribution in [-0.2, 0) is 4.74 Å². The fraction of sp³-hybridized carbons (Fsp3) is 0.312. The van der Waals surface area contributed by atoms with Crippen LogP contribution in [0.3, 0.4) is 0 Å². The van der Waals surface area contributed by atoms with Crippen LogP contribution in [0.15, 0.2) is 48.6 Å². The molecule has 0 bridgehead atoms. The molecule has 0 aliphatic carbocycles. The summed E-state index contributed by atoms with van der Waals surface area (Å²) < 4.78 is 6.89. The number of hydrogen-bond acceptors (Lipinski definition) is 3. The Morgan fingerprint density at radius 3 is 2.50 bits per heavy atom. The van der Waals surface area contributed by atoms with Crippen molar-refractivity contribution in [3.63, 3.8) is 0 Å². The average molecular weight is 274 g/mol. The number of nitrogens with zero attached hydrogens (tertiary/aromatic N) is 2. The molecule has 4 heteroatoms. The highest BCUT2D eigenvalue weighted by Crippen LogP contribution is 2.17. The summed E-state index contributed by atoms with van der Waals surface area (Å²) in [6.07, 6.45) is 5.36. The lowest BCUT2D eigenvalue weighted by atomic mass is 10.1. The molecule has 0 fully saturated rings. The second kappa shape index (κ2) is 8.04. The predicted molar refractivity (Wildman–Crippen MR) is 80.1 cm³/mol. The number of allylic oxidation sites excluding steroid dienone is 1. The maximum Gasteiger partial charge on any atom is 0.165 e. The summed E-state index contributed by atoms with van der Waals surface area (Å²) in [5.41, 5.74) is 1.96. The van der Waals surface area contributed by atoms with E-state index in [1.165, 1.54) is 6.20 Å². The molecule has 0 aliphatic heterocycles. The van der Waals surface area contributed by atoms with Crippen molar-refractivity contribution in [2.45, 2.75) is 6.92 Å². The first kappa shape index (κ1) is 15.8. The van der Waals surface area contributed by atoms with E-state index in [1.807, 2.05) is 68.3 Å². The van der Waals surface area contributed by atoms with E-state index >= 15 is 0 Å². The molecular weight excluding hydrogens is 252 g/mol. The van der Waals surface area contributed by atoms with Crippen molar-refractivity contribution in [1.29, 1.82) is 0 Å². The fourth-order valence-electron chi connectivity index (χ4n) is 1.65. The van der Waals surface area contributed by atoms with Gasteiger partial charge < -0.3 is 14.7 Å². The predicted octanol–water partition coefficient (Wildman–Crippen LogP) is 1.50. The molecule has 0 atom stereocenters. The van der Waals surface area contributed by atoms with E-state index in [0.29, 0.717) is 6.61 Å². The van der Waals surface area contributed by atoms with Gasteiger partial charge in [-0.15, -0.1) is 0 Å². The zero-order valence-electron chi connectivity index (χ0n) is 12.5. The lowest BCUT2D eigenvalue weighted by Gasteiger charge is -2.22. The average Bonchev–Trinajstić information content (AvgIpc) is 2.40. The molecule has 0 saturated carbocycles. The largest absolute Gasteiger partial charge is 0.613 e. The Labute approximate surface area is 120 Å². The van der Waals surface area contributed by atoms with Gasteiger partial charge in [0.2, 0.25) is 0 Å². The number of hydrogen-bond donors (Lipinski definition) is 0. The summed E-state index contributed by atoms with van der Waals surface area (Å²) >= 11 is 0. The minimum atomic E-state index is -0.346. The monoisotopic (exact) mass is 274 g/mol. The maximum absolute atomic E-state index is 11.6. The molecule has 0 unspecified atom stereocenters. The van der Waals surface area contributed by atoms with E-state index in [4.69, 9.17) is 4.74 Å². The topological polar surface area (TPSA) is 38.5 Å². The Hall–Kier alpha value is -2.23. The first-order valence-electron chi connectivity index (χ1n) is 6.56. The van der Waals surface area contributed by atoms with Gasteiger partial charge in [-0.2, -0.15) is 0 Å². The first-order chi connectivity index (χ1) is 9.54. The SMILES string of the molecule is CCO/C([O-])=C/N(C)/C(=C\C=[N+](C)C)c1ccccc1. The smallest absolute Gasteiger partial charge is 0.165 e. The van der Waals surface area contributed by atoms with Gasteiger partial charge in [0.1, 0.15) is 14.1 Å². The van der Waals surface area contributed by atoms with Crippen molar-refractivity contribution in [2.75, 3.05) is 27.7 Å². The third-order valence-electron chi connectivity index (χ3n) is 2.57. The number of ether oxygens (including phenoxy) is 1. The third kappa shape index (κ3) is 5.18. The molecule has 1 rings (SSSR count). The summed E-state index contributed by atoms with van der Waals surface area (Å²) in [5, 5.41) is 11.6. The zero-order valence-corrected chi connectivity index (χ0v) is 12.5. The van der Waals surface area contributed by atoms with E-state index < -0.39 is 0 Å². The van der Waals surface area contributed by atoms with Gasteiger partial charge in [-0.25, -0.2) is 4.58 Å². The van der Waals surface area contributed by atoms with Crippen LogP contribution in [0.1, 0.15) is 12.5 Å². The van der Waals surface area contributed by atoms with Gasteiger partial charge in [0.15, 0.2) is 6.21 Å². The van der Waals surface area contributed by atoms with Crippen LogP contribution >= 0.6 is 0 Å². The minimum Gasteiger partial charge on any atom is -0.613 e. The van der Waals surface area contributed by atoms with Gasteiger partial charge in [0.05, 0.1) is 11.6 Å². The molecule has 0 spiro atoms. The summed E-state index contributed by atoms with van der Waals surface area (Å²) in [7, 11) is 5.74. The van der Waals surface area contributed by atoms with Gasteiger partial charge in [-0.1, -0.05) is 37.3 Å². The highest BCUT2D eigenvalue weighted by Gasteiger charge is 2.05. The molecule has 1 aromatic carbocycles. The standard InChI is InChI=1S/C16H22N2O2/c1-5-20-16(19)13-18(4)15(11-12-17(2)3)14-9-7-6-8-10-14/h6-13H,5H2,1-4H3/b16-13+. The Kier molecular flexibility index (Phi) is 6.37. The molecule has 0 amide bonds. The van der Waals surface area contributed by atoms with E-state index in [1.54, 1.807) is 11.8 Å². The van der Waals surface area contributed by atoms with E-state index in [9.17, 15) is 5.11 Å². The van der Waals surface area contributed by atoms with Gasteiger partial charge >= 0.3 is 0 Å². The molecule has 0 radical (unpaired) electrons. The van der Waals surface area contributed by atoms with Crippen molar-refractivity contribution < 1.29 is 14.4 Å². The summed E-state index contributed by atoms with van der Waals surface area (Å²) in [6, 6.07) is 9.91. The van der Waals surface area contributed by atoms with Crippen LogP contribution < -0.4 is 5.11 Å². The van der Waals surface area contributed by atoms with Crippen LogP contribution in [0.25, 0.3) is 5.70 Å². The van der Waals surface area contributed by atoms with Gasteiger partial charge in [0, 0.05) is 19.3 Å².